The number of rotatable bonds is 5. The second-order valence-corrected chi connectivity index (χ2v) is 5.05. The predicted octanol–water partition coefficient (Wildman–Crippen LogP) is 2.87. The van der Waals surface area contributed by atoms with E-state index in [9.17, 15) is 4.79 Å². The van der Waals surface area contributed by atoms with Gasteiger partial charge in [0.25, 0.3) is 5.91 Å². The molecule has 0 saturated heterocycles. The third-order valence-electron chi connectivity index (χ3n) is 2.59. The highest BCUT2D eigenvalue weighted by molar-refractivity contribution is 7.13. The molecule has 5 nitrogen and oxygen atoms in total. The van der Waals surface area contributed by atoms with Crippen LogP contribution in [0.5, 0.6) is 11.5 Å². The van der Waals surface area contributed by atoms with Gasteiger partial charge in [-0.25, -0.2) is 4.98 Å². The Kier molecular flexibility index (Phi) is 4.57. The normalized spacial score (nSPS) is 11.8. The molecule has 1 aromatic carbocycles. The van der Waals surface area contributed by atoms with Gasteiger partial charge in [0.15, 0.2) is 22.7 Å². The fourth-order valence-electron chi connectivity index (χ4n) is 1.58. The molecule has 20 heavy (non-hydrogen) atoms. The zero-order valence-electron chi connectivity index (χ0n) is 11.5. The van der Waals surface area contributed by atoms with Crippen LogP contribution in [0, 0.1) is 6.92 Å². The second kappa shape index (κ2) is 6.38. The van der Waals surface area contributed by atoms with Crippen molar-refractivity contribution >= 4 is 22.4 Å². The Morgan fingerprint density at radius 1 is 1.35 bits per heavy atom. The Bertz CT molecular complexity index is 598. The number of hydrogen-bond donors (Lipinski definition) is 1. The monoisotopic (exact) mass is 292 g/mol. The van der Waals surface area contributed by atoms with Crippen LogP contribution in [-0.2, 0) is 4.79 Å². The van der Waals surface area contributed by atoms with E-state index in [0.29, 0.717) is 16.6 Å². The molecule has 1 atom stereocenters. The van der Waals surface area contributed by atoms with Crippen molar-refractivity contribution in [1.29, 1.82) is 0 Å². The third kappa shape index (κ3) is 3.48. The fraction of sp³-hybridized carbons (Fsp3) is 0.286. The molecule has 0 bridgehead atoms. The van der Waals surface area contributed by atoms with Gasteiger partial charge in [0, 0.05) is 5.38 Å². The number of nitrogens with zero attached hydrogens (tertiary/aromatic N) is 1. The quantitative estimate of drug-likeness (QED) is 0.920. The standard InChI is InChI=1S/C14H16N2O3S/c1-9-8-20-14(15-9)16-13(17)10(2)19-12-7-5-4-6-11(12)18-3/h4-8,10H,1-3H3,(H,15,16,17)/t10-/m1/s1. The number of benzene rings is 1. The average Bonchev–Trinajstić information content (AvgIpc) is 2.84. The number of carbonyl (C=O) groups is 1. The first kappa shape index (κ1) is 14.3. The van der Waals surface area contributed by atoms with Gasteiger partial charge in [-0.3, -0.25) is 10.1 Å². The molecule has 1 aromatic heterocycles. The lowest BCUT2D eigenvalue weighted by Gasteiger charge is -2.15. The molecule has 0 spiro atoms. The Morgan fingerprint density at radius 2 is 2.05 bits per heavy atom. The van der Waals surface area contributed by atoms with E-state index in [0.717, 1.165) is 5.69 Å². The van der Waals surface area contributed by atoms with Crippen molar-refractivity contribution in [1.82, 2.24) is 4.98 Å². The van der Waals surface area contributed by atoms with Gasteiger partial charge in [-0.15, -0.1) is 11.3 Å². The first-order valence-corrected chi connectivity index (χ1v) is 7.01. The predicted molar refractivity (Wildman–Crippen MR) is 78.6 cm³/mol. The maximum absolute atomic E-state index is 12.0. The van der Waals surface area contributed by atoms with E-state index in [1.54, 1.807) is 26.2 Å². The molecule has 0 unspecified atom stereocenters. The molecule has 0 aliphatic heterocycles. The number of methoxy groups -OCH3 is 1. The van der Waals surface area contributed by atoms with Gasteiger partial charge in [0.1, 0.15) is 0 Å². The van der Waals surface area contributed by atoms with E-state index in [4.69, 9.17) is 9.47 Å². The Hall–Kier alpha value is -2.08. The van der Waals surface area contributed by atoms with E-state index in [-0.39, 0.29) is 5.91 Å². The van der Waals surface area contributed by atoms with Crippen molar-refractivity contribution in [2.45, 2.75) is 20.0 Å². The number of anilines is 1. The summed E-state index contributed by atoms with van der Waals surface area (Å²) in [6.45, 7) is 3.56. The molecule has 0 aliphatic carbocycles. The highest BCUT2D eigenvalue weighted by Gasteiger charge is 2.17. The average molecular weight is 292 g/mol. The Balaban J connectivity index is 2.00. The zero-order valence-corrected chi connectivity index (χ0v) is 12.4. The van der Waals surface area contributed by atoms with Crippen molar-refractivity contribution < 1.29 is 14.3 Å². The van der Waals surface area contributed by atoms with Crippen LogP contribution in [0.1, 0.15) is 12.6 Å². The molecular formula is C14H16N2O3S. The first-order chi connectivity index (χ1) is 9.60. The minimum atomic E-state index is -0.643. The molecule has 1 amide bonds. The number of aryl methyl sites for hydroxylation is 1. The van der Waals surface area contributed by atoms with Crippen molar-refractivity contribution in [3.63, 3.8) is 0 Å². The Morgan fingerprint density at radius 3 is 2.65 bits per heavy atom. The topological polar surface area (TPSA) is 60.5 Å². The van der Waals surface area contributed by atoms with Gasteiger partial charge in [0.2, 0.25) is 0 Å². The lowest BCUT2D eigenvalue weighted by molar-refractivity contribution is -0.122. The van der Waals surface area contributed by atoms with E-state index in [2.05, 4.69) is 10.3 Å². The first-order valence-electron chi connectivity index (χ1n) is 6.13. The Labute approximate surface area is 121 Å². The van der Waals surface area contributed by atoms with E-state index in [1.807, 2.05) is 24.4 Å². The molecular weight excluding hydrogens is 276 g/mol. The molecule has 2 rings (SSSR count). The number of hydrogen-bond acceptors (Lipinski definition) is 5. The highest BCUT2D eigenvalue weighted by atomic mass is 32.1. The van der Waals surface area contributed by atoms with Gasteiger partial charge in [-0.2, -0.15) is 0 Å². The fourth-order valence-corrected chi connectivity index (χ4v) is 2.27. The van der Waals surface area contributed by atoms with Crippen LogP contribution in [0.2, 0.25) is 0 Å². The van der Waals surface area contributed by atoms with Crippen molar-refractivity contribution in [3.8, 4) is 11.5 Å². The van der Waals surface area contributed by atoms with Crippen LogP contribution in [0.3, 0.4) is 0 Å². The summed E-state index contributed by atoms with van der Waals surface area (Å²) < 4.78 is 10.8. The van der Waals surface area contributed by atoms with Crippen LogP contribution in [0.15, 0.2) is 29.6 Å². The smallest absolute Gasteiger partial charge is 0.266 e. The molecule has 0 saturated carbocycles. The zero-order chi connectivity index (χ0) is 14.5. The minimum absolute atomic E-state index is 0.245. The van der Waals surface area contributed by atoms with E-state index >= 15 is 0 Å². The lowest BCUT2D eigenvalue weighted by Crippen LogP contribution is -2.30. The number of thiazole rings is 1. The maximum Gasteiger partial charge on any atom is 0.266 e. The number of nitrogens with one attached hydrogen (secondary N) is 1. The second-order valence-electron chi connectivity index (χ2n) is 4.19. The number of para-hydroxylation sites is 2. The molecule has 0 aliphatic rings. The van der Waals surface area contributed by atoms with Gasteiger partial charge in [-0.05, 0) is 26.0 Å². The summed E-state index contributed by atoms with van der Waals surface area (Å²) in [5, 5.41) is 5.17. The molecule has 0 radical (unpaired) electrons. The summed E-state index contributed by atoms with van der Waals surface area (Å²) in [6.07, 6.45) is -0.643. The number of carbonyl (C=O) groups excluding carboxylic acids is 1. The third-order valence-corrected chi connectivity index (χ3v) is 3.47. The molecule has 1 heterocycles. The number of amides is 1. The molecule has 6 heteroatoms. The van der Waals surface area contributed by atoms with E-state index in [1.165, 1.54) is 11.3 Å². The lowest BCUT2D eigenvalue weighted by atomic mass is 10.3. The highest BCUT2D eigenvalue weighted by Crippen LogP contribution is 2.27. The molecule has 106 valence electrons. The molecule has 1 N–H and O–H groups in total. The summed E-state index contributed by atoms with van der Waals surface area (Å²) in [6, 6.07) is 7.21. The molecule has 2 aromatic rings. The molecule has 0 fully saturated rings. The number of ether oxygens (including phenoxy) is 2. The van der Waals surface area contributed by atoms with Gasteiger partial charge < -0.3 is 9.47 Å². The number of aromatic nitrogens is 1. The van der Waals surface area contributed by atoms with Crippen LogP contribution in [0.25, 0.3) is 0 Å². The van der Waals surface area contributed by atoms with Crippen molar-refractivity contribution in [2.24, 2.45) is 0 Å². The van der Waals surface area contributed by atoms with E-state index < -0.39 is 6.10 Å². The van der Waals surface area contributed by atoms with Crippen molar-refractivity contribution in [3.05, 3.63) is 35.3 Å². The summed E-state index contributed by atoms with van der Waals surface area (Å²) in [5.74, 6) is 0.885. The van der Waals surface area contributed by atoms with Crippen LogP contribution < -0.4 is 14.8 Å². The summed E-state index contributed by atoms with van der Waals surface area (Å²) in [7, 11) is 1.56. The van der Waals surface area contributed by atoms with Crippen LogP contribution in [0.4, 0.5) is 5.13 Å². The summed E-state index contributed by atoms with van der Waals surface area (Å²) in [4.78, 5) is 16.2. The van der Waals surface area contributed by atoms with Crippen LogP contribution >= 0.6 is 11.3 Å². The SMILES string of the molecule is COc1ccccc1O[C@H](C)C(=O)Nc1nc(C)cs1. The van der Waals surface area contributed by atoms with Gasteiger partial charge in [0.05, 0.1) is 12.8 Å². The van der Waals surface area contributed by atoms with Gasteiger partial charge in [-0.1, -0.05) is 12.1 Å². The summed E-state index contributed by atoms with van der Waals surface area (Å²) >= 11 is 1.39. The van der Waals surface area contributed by atoms with Gasteiger partial charge >= 0.3 is 0 Å². The van der Waals surface area contributed by atoms with Crippen molar-refractivity contribution in [2.75, 3.05) is 12.4 Å². The van der Waals surface area contributed by atoms with Crippen LogP contribution in [-0.4, -0.2) is 24.1 Å². The largest absolute Gasteiger partial charge is 0.493 e. The minimum Gasteiger partial charge on any atom is -0.493 e. The summed E-state index contributed by atoms with van der Waals surface area (Å²) in [5.41, 5.74) is 0.878. The maximum atomic E-state index is 12.0.